The molecule has 0 heterocycles. The first-order valence-corrected chi connectivity index (χ1v) is 44.3. The minimum atomic E-state index is -4.96. The van der Waals surface area contributed by atoms with Crippen molar-refractivity contribution in [3.8, 4) is 0 Å². The Labute approximate surface area is 600 Å². The number of aliphatic hydroxyl groups is 1. The number of rotatable bonds is 80. The molecular weight excluding hydrogens is 1280 g/mol. The number of unbranched alkanes of at least 4 members (excludes halogenated alkanes) is 54. The molecule has 0 bridgehead atoms. The maximum Gasteiger partial charge on any atom is 0.472 e. The predicted octanol–water partition coefficient (Wildman–Crippen LogP) is 23.8. The van der Waals surface area contributed by atoms with Crippen molar-refractivity contribution >= 4 is 39.5 Å². The summed E-state index contributed by atoms with van der Waals surface area (Å²) in [5, 5.41) is 10.6. The number of carbonyl (C=O) groups is 4. The Morgan fingerprint density at radius 3 is 0.602 bits per heavy atom. The molecule has 0 aromatic rings. The third kappa shape index (κ3) is 72.4. The van der Waals surface area contributed by atoms with Crippen molar-refractivity contribution in [2.24, 2.45) is 0 Å². The summed E-state index contributed by atoms with van der Waals surface area (Å²) in [5.41, 5.74) is 0. The van der Waals surface area contributed by atoms with Crippen LogP contribution in [0.4, 0.5) is 0 Å². The number of phosphoric acid groups is 2. The second kappa shape index (κ2) is 73.4. The predicted molar refractivity (Wildman–Crippen MR) is 400 cm³/mol. The minimum Gasteiger partial charge on any atom is -0.462 e. The largest absolute Gasteiger partial charge is 0.472 e. The van der Waals surface area contributed by atoms with Crippen LogP contribution in [0.15, 0.2) is 0 Å². The van der Waals surface area contributed by atoms with E-state index in [0.717, 1.165) is 89.9 Å². The average molecular weight is 1440 g/mol. The van der Waals surface area contributed by atoms with Crippen LogP contribution in [0.1, 0.15) is 426 Å². The van der Waals surface area contributed by atoms with Crippen LogP contribution in [0, 0.1) is 0 Å². The number of aliphatic hydroxyl groups excluding tert-OH is 1. The molecule has 0 spiro atoms. The summed E-state index contributed by atoms with van der Waals surface area (Å²) in [6.45, 7) is 5.02. The first-order chi connectivity index (χ1) is 47.7. The van der Waals surface area contributed by atoms with Gasteiger partial charge in [0.2, 0.25) is 0 Å². The van der Waals surface area contributed by atoms with E-state index in [-0.39, 0.29) is 25.7 Å². The van der Waals surface area contributed by atoms with Gasteiger partial charge in [-0.1, -0.05) is 374 Å². The van der Waals surface area contributed by atoms with Gasteiger partial charge in [-0.05, 0) is 25.7 Å². The number of ether oxygens (including phenoxy) is 4. The van der Waals surface area contributed by atoms with Crippen molar-refractivity contribution < 1.29 is 80.2 Å². The number of hydrogen-bond acceptors (Lipinski definition) is 15. The summed E-state index contributed by atoms with van der Waals surface area (Å²) in [4.78, 5) is 73.0. The fourth-order valence-electron chi connectivity index (χ4n) is 12.3. The molecule has 2 unspecified atom stereocenters. The molecule has 5 atom stereocenters. The molecule has 0 radical (unpaired) electrons. The number of esters is 4. The van der Waals surface area contributed by atoms with Crippen LogP contribution in [-0.4, -0.2) is 96.7 Å². The topological polar surface area (TPSA) is 237 Å². The fourth-order valence-corrected chi connectivity index (χ4v) is 13.9. The normalized spacial score (nSPS) is 13.8. The van der Waals surface area contributed by atoms with Crippen molar-refractivity contribution in [2.75, 3.05) is 39.6 Å². The van der Waals surface area contributed by atoms with Gasteiger partial charge in [0.1, 0.15) is 19.3 Å². The lowest BCUT2D eigenvalue weighted by Gasteiger charge is -2.21. The van der Waals surface area contributed by atoms with Crippen molar-refractivity contribution in [3.63, 3.8) is 0 Å². The molecule has 582 valence electrons. The van der Waals surface area contributed by atoms with Crippen LogP contribution in [0.2, 0.25) is 0 Å². The third-order valence-electron chi connectivity index (χ3n) is 18.6. The second-order valence-corrected chi connectivity index (χ2v) is 31.4. The Bertz CT molecular complexity index is 1860. The zero-order valence-electron chi connectivity index (χ0n) is 63.8. The van der Waals surface area contributed by atoms with E-state index in [1.165, 1.54) is 257 Å². The molecule has 0 aromatic heterocycles. The van der Waals surface area contributed by atoms with Gasteiger partial charge in [-0.3, -0.25) is 37.3 Å². The summed E-state index contributed by atoms with van der Waals surface area (Å²) in [7, 11) is -9.91. The zero-order valence-corrected chi connectivity index (χ0v) is 65.6. The molecule has 3 N–H and O–H groups in total. The highest BCUT2D eigenvalue weighted by molar-refractivity contribution is 7.47. The highest BCUT2D eigenvalue weighted by Crippen LogP contribution is 2.45. The van der Waals surface area contributed by atoms with Gasteiger partial charge in [-0.25, -0.2) is 9.13 Å². The minimum absolute atomic E-state index is 0.109. The molecule has 0 aliphatic rings. The second-order valence-electron chi connectivity index (χ2n) is 28.5. The van der Waals surface area contributed by atoms with Crippen molar-refractivity contribution in [3.05, 3.63) is 0 Å². The Kier molecular flexibility index (Phi) is 71.9. The fraction of sp³-hybridized carbons (Fsp3) is 0.949. The molecule has 0 aliphatic carbocycles. The van der Waals surface area contributed by atoms with Crippen LogP contribution in [0.25, 0.3) is 0 Å². The van der Waals surface area contributed by atoms with Gasteiger partial charge in [0.05, 0.1) is 26.4 Å². The first-order valence-electron chi connectivity index (χ1n) is 41.3. The third-order valence-corrected chi connectivity index (χ3v) is 20.5. The van der Waals surface area contributed by atoms with E-state index in [1.807, 2.05) is 0 Å². The summed E-state index contributed by atoms with van der Waals surface area (Å²) in [6, 6.07) is 0. The molecule has 0 saturated heterocycles. The van der Waals surface area contributed by atoms with Crippen LogP contribution < -0.4 is 0 Å². The van der Waals surface area contributed by atoms with Crippen molar-refractivity contribution in [1.29, 1.82) is 0 Å². The number of hydrogen-bond donors (Lipinski definition) is 3. The Balaban J connectivity index is 5.24. The molecule has 0 rings (SSSR count). The van der Waals surface area contributed by atoms with Gasteiger partial charge in [0.15, 0.2) is 12.2 Å². The van der Waals surface area contributed by atoms with E-state index >= 15 is 0 Å². The SMILES string of the molecule is CCCCCCCCCCCCCCCCCCCCCC(=O)O[C@H](COC(=O)CCCCCCCCCCCCCCCC)COP(=O)(O)OC[C@@H](O)COP(=O)(O)OC[C@@H](COC(=O)CCCCCCCCCCCCCC)OC(=O)CCCCCCCCCCCCCCC. The molecular formula is C79H154O17P2. The van der Waals surface area contributed by atoms with Crippen LogP contribution in [0.5, 0.6) is 0 Å². The summed E-state index contributed by atoms with van der Waals surface area (Å²) >= 11 is 0. The molecule has 0 fully saturated rings. The lowest BCUT2D eigenvalue weighted by molar-refractivity contribution is -0.161. The van der Waals surface area contributed by atoms with E-state index < -0.39 is 97.5 Å². The zero-order chi connectivity index (χ0) is 71.8. The van der Waals surface area contributed by atoms with Gasteiger partial charge in [-0.15, -0.1) is 0 Å². The summed E-state index contributed by atoms with van der Waals surface area (Å²) in [6.07, 6.45) is 65.0. The van der Waals surface area contributed by atoms with Gasteiger partial charge in [0, 0.05) is 25.7 Å². The molecule has 0 aromatic carbocycles. The Morgan fingerprint density at radius 1 is 0.245 bits per heavy atom. The summed E-state index contributed by atoms with van der Waals surface area (Å²) < 4.78 is 68.7. The molecule has 0 amide bonds. The van der Waals surface area contributed by atoms with Crippen molar-refractivity contribution in [2.45, 2.75) is 444 Å². The molecule has 17 nitrogen and oxygen atoms in total. The lowest BCUT2D eigenvalue weighted by Crippen LogP contribution is -2.30. The van der Waals surface area contributed by atoms with E-state index in [0.29, 0.717) is 25.7 Å². The lowest BCUT2D eigenvalue weighted by atomic mass is 10.0. The monoisotopic (exact) mass is 1440 g/mol. The van der Waals surface area contributed by atoms with Gasteiger partial charge in [-0.2, -0.15) is 0 Å². The van der Waals surface area contributed by atoms with Gasteiger partial charge in [0.25, 0.3) is 0 Å². The van der Waals surface area contributed by atoms with Crippen LogP contribution in [0.3, 0.4) is 0 Å². The highest BCUT2D eigenvalue weighted by Gasteiger charge is 2.30. The molecule has 98 heavy (non-hydrogen) atoms. The Morgan fingerprint density at radius 2 is 0.408 bits per heavy atom. The molecule has 0 saturated carbocycles. The van der Waals surface area contributed by atoms with Gasteiger partial charge < -0.3 is 33.8 Å². The number of carbonyl (C=O) groups excluding carboxylic acids is 4. The van der Waals surface area contributed by atoms with E-state index in [2.05, 4.69) is 27.7 Å². The van der Waals surface area contributed by atoms with E-state index in [4.69, 9.17) is 37.0 Å². The number of phosphoric ester groups is 2. The van der Waals surface area contributed by atoms with E-state index in [1.54, 1.807) is 0 Å². The Hall–Kier alpha value is -1.94. The average Bonchev–Trinajstić information content (AvgIpc) is 0.997. The highest BCUT2D eigenvalue weighted by atomic mass is 31.2. The molecule has 19 heteroatoms. The van der Waals surface area contributed by atoms with Gasteiger partial charge >= 0.3 is 39.5 Å². The smallest absolute Gasteiger partial charge is 0.462 e. The maximum absolute atomic E-state index is 13.1. The maximum atomic E-state index is 13.1. The van der Waals surface area contributed by atoms with Crippen LogP contribution in [-0.2, 0) is 65.4 Å². The molecule has 0 aliphatic heterocycles. The standard InChI is InChI=1S/C79H154O17P2/c1-5-9-13-17-21-25-29-33-35-36-37-38-39-42-46-50-54-58-62-66-79(84)96-75(70-90-77(82)64-60-56-52-48-44-41-34-30-26-22-18-14-10-6-2)72-94-98(87,88)92-68-73(80)67-91-97(85,86)93-71-74(69-89-76(81)63-59-55-51-47-43-32-28-24-20-16-12-8-4)95-78(83)65-61-57-53-49-45-40-31-27-23-19-15-11-7-3/h73-75,80H,5-72H2,1-4H3,(H,85,86)(H,87,88)/t73-,74+,75+/m0/s1. The van der Waals surface area contributed by atoms with Crippen LogP contribution >= 0.6 is 15.6 Å². The first kappa shape index (κ1) is 96.1. The quantitative estimate of drug-likeness (QED) is 0.0222. The van der Waals surface area contributed by atoms with Crippen molar-refractivity contribution in [1.82, 2.24) is 0 Å². The summed E-state index contributed by atoms with van der Waals surface area (Å²) in [5.74, 6) is -2.10. The van der Waals surface area contributed by atoms with E-state index in [9.17, 15) is 43.2 Å².